The predicted molar refractivity (Wildman–Crippen MR) is 199 cm³/mol. The number of thioether (sulfide) groups is 1. The molecule has 2 amide bonds. The second-order valence-electron chi connectivity index (χ2n) is 11.4. The Morgan fingerprint density at radius 2 is 1.59 bits per heavy atom. The number of hydrogen-bond acceptors (Lipinski definition) is 11. The number of aromatic nitrogens is 2. The summed E-state index contributed by atoms with van der Waals surface area (Å²) in [4.78, 5) is 55.4. The normalized spacial score (nSPS) is 17.5. The van der Waals surface area contributed by atoms with Gasteiger partial charge < -0.3 is 20.6 Å². The highest BCUT2D eigenvalue weighted by Crippen LogP contribution is 2.42. The summed E-state index contributed by atoms with van der Waals surface area (Å²) in [7, 11) is 1.32. The van der Waals surface area contributed by atoms with Crippen LogP contribution in [0.4, 0.5) is 5.13 Å². The van der Waals surface area contributed by atoms with Crippen LogP contribution in [0.1, 0.15) is 27.3 Å². The summed E-state index contributed by atoms with van der Waals surface area (Å²) in [5.74, 6) is -2.09. The summed E-state index contributed by atoms with van der Waals surface area (Å²) in [5, 5.41) is 22.1. The molecular weight excluding hydrogens is 705 g/mol. The number of carboxylic acid groups (broad SMARTS) is 1. The highest BCUT2D eigenvalue weighted by Gasteiger charge is 2.54. The van der Waals surface area contributed by atoms with Gasteiger partial charge in [0.1, 0.15) is 35.5 Å². The molecule has 0 saturated carbocycles. The van der Waals surface area contributed by atoms with Crippen molar-refractivity contribution >= 4 is 69.1 Å². The number of allylic oxidation sites excluding steroid dienone is 1. The van der Waals surface area contributed by atoms with Gasteiger partial charge in [-0.25, -0.2) is 9.78 Å². The quantitative estimate of drug-likeness (QED) is 0.0626. The van der Waals surface area contributed by atoms with Crippen LogP contribution in [0.15, 0.2) is 131 Å². The molecule has 2 aromatic heterocycles. The van der Waals surface area contributed by atoms with Crippen molar-refractivity contribution < 1.29 is 24.3 Å². The lowest BCUT2D eigenvalue weighted by Crippen LogP contribution is -2.71. The molecule has 3 aromatic carbocycles. The number of carbonyl (C=O) groups excluding carboxylic acids is 2. The zero-order valence-corrected chi connectivity index (χ0v) is 29.5. The largest absolute Gasteiger partial charge is 0.477 e. The summed E-state index contributed by atoms with van der Waals surface area (Å²) in [5.41, 5.74) is 4.30. The molecule has 5 aromatic rings. The lowest BCUT2D eigenvalue weighted by molar-refractivity contribution is -0.150. The van der Waals surface area contributed by atoms with Gasteiger partial charge in [0, 0.05) is 22.2 Å². The van der Waals surface area contributed by atoms with Crippen molar-refractivity contribution in [1.82, 2.24) is 20.2 Å². The van der Waals surface area contributed by atoms with Crippen LogP contribution in [-0.4, -0.2) is 67.7 Å². The Kier molecular flexibility index (Phi) is 9.79. The second kappa shape index (κ2) is 14.7. The first kappa shape index (κ1) is 33.9. The van der Waals surface area contributed by atoms with Gasteiger partial charge in [-0.1, -0.05) is 102 Å². The third-order valence-electron chi connectivity index (χ3n) is 8.45. The summed E-state index contributed by atoms with van der Waals surface area (Å²) < 4.78 is 0. The Morgan fingerprint density at radius 1 is 0.961 bits per heavy atom. The third-order valence-corrected chi connectivity index (χ3v) is 11.2. The van der Waals surface area contributed by atoms with E-state index >= 15 is 0 Å². The monoisotopic (exact) mass is 734 g/mol. The molecule has 1 fully saturated rings. The Balaban J connectivity index is 1.15. The van der Waals surface area contributed by atoms with E-state index in [0.717, 1.165) is 21.6 Å². The van der Waals surface area contributed by atoms with Crippen molar-refractivity contribution in [2.24, 2.45) is 5.16 Å². The fourth-order valence-electron chi connectivity index (χ4n) is 6.15. The Labute approximate surface area is 305 Å². The SMILES string of the molecule is CO/N=C(\C(=O)NC1C(=O)N2C(C(=O)O)=C(/C=C/c3cncs3)CSC12)c1csc(NC(c2ccccc2)(c2ccccc2)c2ccccc2)n1. The summed E-state index contributed by atoms with van der Waals surface area (Å²) >= 11 is 4.08. The van der Waals surface area contributed by atoms with E-state index in [-0.39, 0.29) is 17.1 Å². The number of nitrogens with one attached hydrogen (secondary N) is 2. The lowest BCUT2D eigenvalue weighted by atomic mass is 9.77. The van der Waals surface area contributed by atoms with Crippen molar-refractivity contribution in [3.05, 3.63) is 153 Å². The maximum absolute atomic E-state index is 13.7. The Morgan fingerprint density at radius 3 is 2.14 bits per heavy atom. The number of β-lactam (4-membered cyclic amide) rings is 1. The van der Waals surface area contributed by atoms with E-state index in [1.165, 1.54) is 46.4 Å². The number of aliphatic carboxylic acids is 1. The number of thiazole rings is 2. The molecule has 3 N–H and O–H groups in total. The molecule has 0 bridgehead atoms. The highest BCUT2D eigenvalue weighted by atomic mass is 32.2. The molecule has 2 aliphatic heterocycles. The minimum Gasteiger partial charge on any atom is -0.477 e. The molecule has 2 unspecified atom stereocenters. The molecule has 0 spiro atoms. The van der Waals surface area contributed by atoms with Crippen LogP contribution in [-0.2, 0) is 24.8 Å². The number of fused-ring (bicyclic) bond motifs is 1. The van der Waals surface area contributed by atoms with Gasteiger partial charge in [0.25, 0.3) is 11.8 Å². The first-order valence-electron chi connectivity index (χ1n) is 15.7. The van der Waals surface area contributed by atoms with Crippen LogP contribution in [0.2, 0.25) is 0 Å². The molecule has 51 heavy (non-hydrogen) atoms. The maximum atomic E-state index is 13.7. The summed E-state index contributed by atoms with van der Waals surface area (Å²) in [6, 6.07) is 29.2. The fraction of sp³-hybridized carbons (Fsp3) is 0.135. The van der Waals surface area contributed by atoms with Crippen molar-refractivity contribution in [2.45, 2.75) is 17.0 Å². The Hall–Kier alpha value is -5.57. The van der Waals surface area contributed by atoms with Gasteiger partial charge in [0.2, 0.25) is 0 Å². The molecular formula is C37H30N6O5S3. The molecule has 2 aliphatic rings. The molecule has 2 atom stereocenters. The van der Waals surface area contributed by atoms with E-state index < -0.39 is 34.7 Å². The van der Waals surface area contributed by atoms with Crippen molar-refractivity contribution in [3.8, 4) is 0 Å². The summed E-state index contributed by atoms with van der Waals surface area (Å²) in [6.07, 6.45) is 5.14. The number of rotatable bonds is 12. The van der Waals surface area contributed by atoms with E-state index in [2.05, 4.69) is 57.2 Å². The van der Waals surface area contributed by atoms with E-state index in [4.69, 9.17) is 9.82 Å². The zero-order valence-electron chi connectivity index (χ0n) is 27.0. The van der Waals surface area contributed by atoms with E-state index in [1.807, 2.05) is 54.6 Å². The highest BCUT2D eigenvalue weighted by molar-refractivity contribution is 8.00. The van der Waals surface area contributed by atoms with Gasteiger partial charge >= 0.3 is 5.97 Å². The molecule has 4 heterocycles. The maximum Gasteiger partial charge on any atom is 0.352 e. The van der Waals surface area contributed by atoms with Crippen LogP contribution in [0.5, 0.6) is 0 Å². The van der Waals surface area contributed by atoms with E-state index in [1.54, 1.807) is 29.2 Å². The number of carbonyl (C=O) groups is 3. The number of amides is 2. The van der Waals surface area contributed by atoms with Crippen LogP contribution in [0.3, 0.4) is 0 Å². The van der Waals surface area contributed by atoms with Crippen LogP contribution < -0.4 is 10.6 Å². The van der Waals surface area contributed by atoms with Crippen molar-refractivity contribution in [1.29, 1.82) is 0 Å². The average molecular weight is 735 g/mol. The average Bonchev–Trinajstić information content (AvgIpc) is 3.87. The van der Waals surface area contributed by atoms with E-state index in [0.29, 0.717) is 16.5 Å². The number of nitrogens with zero attached hydrogens (tertiary/aromatic N) is 4. The molecule has 14 heteroatoms. The van der Waals surface area contributed by atoms with Gasteiger partial charge in [0.15, 0.2) is 10.8 Å². The minimum absolute atomic E-state index is 0.102. The van der Waals surface area contributed by atoms with Crippen molar-refractivity contribution in [3.63, 3.8) is 0 Å². The number of hydrogen-bond donors (Lipinski definition) is 3. The van der Waals surface area contributed by atoms with Gasteiger partial charge in [-0.2, -0.15) is 0 Å². The van der Waals surface area contributed by atoms with Crippen LogP contribution >= 0.6 is 34.4 Å². The molecule has 11 nitrogen and oxygen atoms in total. The fourth-order valence-corrected chi connectivity index (χ4v) is 8.73. The Bertz CT molecular complexity index is 2040. The molecule has 0 aliphatic carbocycles. The standard InChI is InChI=1S/C37H30N6O5S3/c1-48-42-29(32(44)40-30-33(45)43-31(35(46)47)23(20-49-34(30)43)17-18-27-19-38-22-51-27)28-21-50-36(39-28)41-37(24-11-5-2-6-12-24,25-13-7-3-8-14-25)26-15-9-4-10-16-26/h2-19,21-22,30,34H,20H2,1H3,(H,39,41)(H,40,44)(H,46,47)/b18-17+,42-29-. The predicted octanol–water partition coefficient (Wildman–Crippen LogP) is 5.81. The first-order chi connectivity index (χ1) is 24.9. The van der Waals surface area contributed by atoms with Crippen molar-refractivity contribution in [2.75, 3.05) is 18.2 Å². The lowest BCUT2D eigenvalue weighted by Gasteiger charge is -2.49. The number of carboxylic acids is 1. The van der Waals surface area contributed by atoms with Gasteiger partial charge in [0.05, 0.1) is 5.51 Å². The molecule has 7 rings (SSSR count). The molecule has 0 radical (unpaired) electrons. The number of oxime groups is 1. The van der Waals surface area contributed by atoms with Crippen LogP contribution in [0.25, 0.3) is 6.08 Å². The third kappa shape index (κ3) is 6.56. The second-order valence-corrected chi connectivity index (χ2v) is 14.3. The van der Waals surface area contributed by atoms with Gasteiger partial charge in [-0.3, -0.25) is 19.5 Å². The topological polar surface area (TPSA) is 146 Å². The summed E-state index contributed by atoms with van der Waals surface area (Å²) in [6.45, 7) is 0. The zero-order chi connectivity index (χ0) is 35.4. The van der Waals surface area contributed by atoms with E-state index in [9.17, 15) is 19.5 Å². The molecule has 256 valence electrons. The van der Waals surface area contributed by atoms with Gasteiger partial charge in [-0.15, -0.1) is 34.4 Å². The number of anilines is 1. The number of benzene rings is 3. The van der Waals surface area contributed by atoms with Crippen LogP contribution in [0, 0.1) is 0 Å². The van der Waals surface area contributed by atoms with Gasteiger partial charge in [-0.05, 0) is 28.3 Å². The minimum atomic E-state index is -1.22. The first-order valence-corrected chi connectivity index (χ1v) is 18.5. The smallest absolute Gasteiger partial charge is 0.352 e. The molecule has 1 saturated heterocycles.